The van der Waals surface area contributed by atoms with Gasteiger partial charge in [-0.1, -0.05) is 11.6 Å². The van der Waals surface area contributed by atoms with Crippen molar-refractivity contribution in [1.82, 2.24) is 15.4 Å². The zero-order valence-electron chi connectivity index (χ0n) is 16.6. The van der Waals surface area contributed by atoms with Crippen LogP contribution in [0.5, 0.6) is 11.5 Å². The molecule has 0 saturated carbocycles. The fraction of sp³-hybridized carbons (Fsp3) is 0.0455. The summed E-state index contributed by atoms with van der Waals surface area (Å²) in [6.07, 6.45) is 5.69. The summed E-state index contributed by atoms with van der Waals surface area (Å²) in [5.74, 6) is 0.00729. The van der Waals surface area contributed by atoms with Crippen LogP contribution < -0.4 is 14.9 Å². The minimum absolute atomic E-state index is 0.158. The summed E-state index contributed by atoms with van der Waals surface area (Å²) in [6.45, 7) is 0. The lowest BCUT2D eigenvalue weighted by molar-refractivity contribution is 0.0739. The van der Waals surface area contributed by atoms with E-state index in [1.165, 1.54) is 36.1 Å². The number of amides is 1. The highest BCUT2D eigenvalue weighted by Crippen LogP contribution is 2.37. The molecule has 2 aromatic heterocycles. The number of hydrazone groups is 1. The quantitative estimate of drug-likeness (QED) is 0.196. The average Bonchev–Trinajstić information content (AvgIpc) is 3.16. The lowest BCUT2D eigenvalue weighted by Gasteiger charge is -2.03. The van der Waals surface area contributed by atoms with Crippen molar-refractivity contribution < 1.29 is 19.1 Å². The largest absolute Gasteiger partial charge is 0.497 e. The molecule has 0 aliphatic heterocycles. The minimum Gasteiger partial charge on any atom is -0.497 e. The second-order valence-electron chi connectivity index (χ2n) is 6.36. The second-order valence-corrected chi connectivity index (χ2v) is 7.79. The van der Waals surface area contributed by atoms with Gasteiger partial charge in [0, 0.05) is 22.5 Å². The molecule has 0 radical (unpaired) electrons. The molecule has 0 bridgehead atoms. The van der Waals surface area contributed by atoms with Crippen LogP contribution in [0, 0.1) is 0 Å². The van der Waals surface area contributed by atoms with Gasteiger partial charge >= 0.3 is 5.97 Å². The first kappa shape index (κ1) is 21.4. The van der Waals surface area contributed by atoms with E-state index >= 15 is 0 Å². The number of methoxy groups -OCH3 is 1. The van der Waals surface area contributed by atoms with Gasteiger partial charge in [0.1, 0.15) is 22.1 Å². The zero-order chi connectivity index (χ0) is 22.5. The van der Waals surface area contributed by atoms with Crippen molar-refractivity contribution in [2.45, 2.75) is 0 Å². The van der Waals surface area contributed by atoms with Gasteiger partial charge < -0.3 is 9.47 Å². The first-order chi connectivity index (χ1) is 15.5. The smallest absolute Gasteiger partial charge is 0.355 e. The first-order valence-electron chi connectivity index (χ1n) is 9.23. The average molecular weight is 467 g/mol. The molecular formula is C22H15ClN4O4S. The van der Waals surface area contributed by atoms with Gasteiger partial charge in [-0.15, -0.1) is 11.3 Å². The summed E-state index contributed by atoms with van der Waals surface area (Å²) in [6, 6.07) is 12.0. The molecule has 10 heteroatoms. The maximum absolute atomic E-state index is 12.6. The molecular weight excluding hydrogens is 452 g/mol. The number of thiophene rings is 1. The number of nitrogens with one attached hydrogen (secondary N) is 1. The molecule has 2 aromatic carbocycles. The lowest BCUT2D eigenvalue weighted by atomic mass is 10.2. The molecule has 4 aromatic rings. The number of hydrogen-bond donors (Lipinski definition) is 1. The normalized spacial score (nSPS) is 10.9. The third-order valence-electron chi connectivity index (χ3n) is 4.29. The summed E-state index contributed by atoms with van der Waals surface area (Å²) in [7, 11) is 1.58. The van der Waals surface area contributed by atoms with Crippen molar-refractivity contribution >= 4 is 51.1 Å². The van der Waals surface area contributed by atoms with E-state index in [0.29, 0.717) is 27.0 Å². The molecule has 8 nitrogen and oxygen atoms in total. The fourth-order valence-electron chi connectivity index (χ4n) is 2.72. The number of hydrogen-bond acceptors (Lipinski definition) is 8. The number of halogens is 1. The van der Waals surface area contributed by atoms with Crippen LogP contribution in [0.2, 0.25) is 5.02 Å². The van der Waals surface area contributed by atoms with E-state index in [-0.39, 0.29) is 5.69 Å². The topological polar surface area (TPSA) is 103 Å². The van der Waals surface area contributed by atoms with Crippen molar-refractivity contribution in [2.75, 3.05) is 7.11 Å². The fourth-order valence-corrected chi connectivity index (χ4v) is 4.13. The highest BCUT2D eigenvalue weighted by Gasteiger charge is 2.19. The van der Waals surface area contributed by atoms with E-state index in [2.05, 4.69) is 20.5 Å². The summed E-state index contributed by atoms with van der Waals surface area (Å²) < 4.78 is 11.5. The monoisotopic (exact) mass is 466 g/mol. The lowest BCUT2D eigenvalue weighted by Crippen LogP contribution is -2.19. The molecule has 0 atom stereocenters. The predicted octanol–water partition coefficient (Wildman–Crippen LogP) is 4.34. The number of carbonyl (C=O) groups excluding carboxylic acids is 2. The van der Waals surface area contributed by atoms with Crippen LogP contribution in [0.15, 0.2) is 66.2 Å². The van der Waals surface area contributed by atoms with Crippen molar-refractivity contribution in [2.24, 2.45) is 5.10 Å². The van der Waals surface area contributed by atoms with Crippen molar-refractivity contribution in [3.63, 3.8) is 0 Å². The molecule has 2 heterocycles. The highest BCUT2D eigenvalue weighted by molar-refractivity contribution is 7.21. The summed E-state index contributed by atoms with van der Waals surface area (Å²) in [5.41, 5.74) is 3.21. The second kappa shape index (κ2) is 9.54. The molecule has 0 saturated heterocycles. The third kappa shape index (κ3) is 4.74. The van der Waals surface area contributed by atoms with Gasteiger partial charge in [0.2, 0.25) is 0 Å². The third-order valence-corrected chi connectivity index (χ3v) is 5.93. The number of ether oxygens (including phenoxy) is 2. The maximum Gasteiger partial charge on any atom is 0.355 e. The van der Waals surface area contributed by atoms with Gasteiger partial charge in [-0.3, -0.25) is 9.78 Å². The van der Waals surface area contributed by atoms with Crippen LogP contribution in [0.25, 0.3) is 10.1 Å². The van der Waals surface area contributed by atoms with E-state index in [1.54, 1.807) is 43.5 Å². The maximum atomic E-state index is 12.6. The Balaban J connectivity index is 1.40. The van der Waals surface area contributed by atoms with E-state index in [9.17, 15) is 9.59 Å². The Morgan fingerprint density at radius 2 is 1.91 bits per heavy atom. The summed E-state index contributed by atoms with van der Waals surface area (Å²) in [4.78, 5) is 32.5. The molecule has 160 valence electrons. The van der Waals surface area contributed by atoms with Crippen LogP contribution in [-0.4, -0.2) is 35.2 Å². The Morgan fingerprint density at radius 3 is 2.62 bits per heavy atom. The Hall–Kier alpha value is -3.82. The molecule has 1 N–H and O–H groups in total. The van der Waals surface area contributed by atoms with Gasteiger partial charge in [-0.25, -0.2) is 15.2 Å². The zero-order valence-corrected chi connectivity index (χ0v) is 18.2. The van der Waals surface area contributed by atoms with E-state index in [0.717, 1.165) is 10.1 Å². The summed E-state index contributed by atoms with van der Waals surface area (Å²) >= 11 is 7.61. The number of carbonyl (C=O) groups is 2. The number of fused-ring (bicyclic) bond motifs is 1. The van der Waals surface area contributed by atoms with Gasteiger partial charge in [0.15, 0.2) is 0 Å². The minimum atomic E-state index is -0.548. The van der Waals surface area contributed by atoms with Crippen LogP contribution in [0.1, 0.15) is 25.7 Å². The van der Waals surface area contributed by atoms with Gasteiger partial charge in [0.05, 0.1) is 24.5 Å². The number of nitrogens with zero attached hydrogens (tertiary/aromatic N) is 3. The predicted molar refractivity (Wildman–Crippen MR) is 122 cm³/mol. The number of rotatable bonds is 6. The molecule has 1 amide bonds. The number of esters is 1. The molecule has 0 fully saturated rings. The standard InChI is InChI=1S/C22H15ClN4O4S/c1-30-15-6-7-16-18(10-15)32-20(19(16)23)22(29)31-14-4-2-13(3-5-14)11-26-27-21(28)17-12-24-8-9-25-17/h2-12H,1H3,(H,27,28). The molecule has 0 spiro atoms. The Kier molecular flexibility index (Phi) is 6.39. The van der Waals surface area contributed by atoms with Crippen LogP contribution >= 0.6 is 22.9 Å². The number of benzene rings is 2. The molecule has 0 aliphatic carbocycles. The van der Waals surface area contributed by atoms with Crippen molar-refractivity contribution in [1.29, 1.82) is 0 Å². The van der Waals surface area contributed by atoms with Crippen LogP contribution in [0.3, 0.4) is 0 Å². The molecule has 32 heavy (non-hydrogen) atoms. The van der Waals surface area contributed by atoms with Gasteiger partial charge in [0.25, 0.3) is 5.91 Å². The van der Waals surface area contributed by atoms with Crippen LogP contribution in [0.4, 0.5) is 0 Å². The van der Waals surface area contributed by atoms with Crippen molar-refractivity contribution in [3.8, 4) is 11.5 Å². The van der Waals surface area contributed by atoms with Crippen molar-refractivity contribution in [3.05, 3.63) is 82.2 Å². The Morgan fingerprint density at radius 1 is 1.12 bits per heavy atom. The van der Waals surface area contributed by atoms with Crippen LogP contribution in [-0.2, 0) is 0 Å². The van der Waals surface area contributed by atoms with E-state index in [1.807, 2.05) is 6.07 Å². The first-order valence-corrected chi connectivity index (χ1v) is 10.4. The molecule has 0 unspecified atom stereocenters. The Bertz CT molecular complexity index is 1310. The SMILES string of the molecule is COc1ccc2c(Cl)c(C(=O)Oc3ccc(C=NNC(=O)c4cnccn4)cc3)sc2c1. The van der Waals surface area contributed by atoms with Gasteiger partial charge in [-0.2, -0.15) is 5.10 Å². The number of aromatic nitrogens is 2. The van der Waals surface area contributed by atoms with E-state index < -0.39 is 11.9 Å². The van der Waals surface area contributed by atoms with E-state index in [4.69, 9.17) is 21.1 Å². The van der Waals surface area contributed by atoms with Gasteiger partial charge in [-0.05, 0) is 48.0 Å². The molecule has 0 aliphatic rings. The Labute approximate surface area is 191 Å². The molecule has 4 rings (SSSR count). The summed E-state index contributed by atoms with van der Waals surface area (Å²) in [5, 5.41) is 4.99. The highest BCUT2D eigenvalue weighted by atomic mass is 35.5.